The zero-order valence-corrected chi connectivity index (χ0v) is 14.3. The number of amides is 2. The normalized spacial score (nSPS) is 34.8. The maximum atomic E-state index is 12.9. The highest BCUT2D eigenvalue weighted by Crippen LogP contribution is 2.38. The number of carbonyl (C=O) groups excluding carboxylic acids is 2. The van der Waals surface area contributed by atoms with Crippen LogP contribution in [-0.2, 0) is 14.3 Å². The first-order valence-corrected chi connectivity index (χ1v) is 9.46. The second kappa shape index (κ2) is 6.30. The molecule has 0 radical (unpaired) electrons. The monoisotopic (exact) mass is 336 g/mol. The highest BCUT2D eigenvalue weighted by molar-refractivity contribution is 5.82. The minimum absolute atomic E-state index is 0.0183. The molecule has 4 aliphatic rings. The van der Waals surface area contributed by atoms with Crippen LogP contribution in [0, 0.1) is 11.8 Å². The van der Waals surface area contributed by atoms with E-state index >= 15 is 0 Å². The molecule has 0 unspecified atom stereocenters. The lowest BCUT2D eigenvalue weighted by atomic mass is 9.77. The summed E-state index contributed by atoms with van der Waals surface area (Å²) in [5.74, 6) is 0.288. The Morgan fingerprint density at radius 3 is 2.50 bits per heavy atom. The van der Waals surface area contributed by atoms with Gasteiger partial charge in [-0.25, -0.2) is 0 Å². The molecule has 0 bridgehead atoms. The van der Waals surface area contributed by atoms with Gasteiger partial charge in [0.1, 0.15) is 0 Å². The fraction of sp³-hybridized carbons (Fsp3) is 0.889. The molecule has 3 atom stereocenters. The molecule has 3 saturated heterocycles. The summed E-state index contributed by atoms with van der Waals surface area (Å²) in [6.07, 6.45) is 5.67. The molecule has 0 spiro atoms. The highest BCUT2D eigenvalue weighted by Gasteiger charge is 2.47. The van der Waals surface area contributed by atoms with Crippen LogP contribution in [0.5, 0.6) is 0 Å². The van der Waals surface area contributed by atoms with Crippen molar-refractivity contribution in [2.24, 2.45) is 11.8 Å². The zero-order valence-electron chi connectivity index (χ0n) is 14.3. The average molecular weight is 336 g/mol. The number of fused-ring (bicyclic) bond motifs is 1. The Kier molecular flexibility index (Phi) is 4.29. The summed E-state index contributed by atoms with van der Waals surface area (Å²) >= 11 is 0. The summed E-state index contributed by atoms with van der Waals surface area (Å²) in [6, 6.07) is 0. The Hall–Kier alpha value is -1.14. The summed E-state index contributed by atoms with van der Waals surface area (Å²) in [6.45, 7) is 3.45. The van der Waals surface area contributed by atoms with E-state index in [0.29, 0.717) is 32.5 Å². The summed E-state index contributed by atoms with van der Waals surface area (Å²) in [4.78, 5) is 29.4. The van der Waals surface area contributed by atoms with Gasteiger partial charge in [0.05, 0.1) is 24.0 Å². The Labute approximate surface area is 143 Å². The summed E-state index contributed by atoms with van der Waals surface area (Å²) in [5.41, 5.74) is -0.807. The fourth-order valence-electron chi connectivity index (χ4n) is 4.77. The number of aliphatic hydroxyl groups is 1. The number of likely N-dealkylation sites (tertiary alicyclic amines) is 2. The Bertz CT molecular complexity index is 513. The van der Waals surface area contributed by atoms with Crippen LogP contribution in [0.25, 0.3) is 0 Å². The molecule has 6 heteroatoms. The van der Waals surface area contributed by atoms with Gasteiger partial charge in [0.2, 0.25) is 11.8 Å². The van der Waals surface area contributed by atoms with Crippen LogP contribution in [-0.4, -0.2) is 71.2 Å². The lowest BCUT2D eigenvalue weighted by molar-refractivity contribution is -0.151. The van der Waals surface area contributed by atoms with Crippen LogP contribution in [0.3, 0.4) is 0 Å². The molecular weight excluding hydrogens is 308 g/mol. The van der Waals surface area contributed by atoms with Crippen molar-refractivity contribution in [1.29, 1.82) is 0 Å². The standard InChI is InChI=1S/C18H28N2O4/c21-16(10-18(23)5-3-6-18)20-11-14(13-4-9-24-15(13)12-20)17(22)19-7-1-2-8-19/h13-15,23H,1-12H2/t13-,14+,15+/m0/s1. The Balaban J connectivity index is 1.46. The first kappa shape index (κ1) is 16.3. The van der Waals surface area contributed by atoms with Crippen LogP contribution in [0.2, 0.25) is 0 Å². The third kappa shape index (κ3) is 2.94. The topological polar surface area (TPSA) is 70.1 Å². The number of rotatable bonds is 3. The van der Waals surface area contributed by atoms with E-state index in [0.717, 1.165) is 38.8 Å². The first-order valence-electron chi connectivity index (χ1n) is 9.46. The van der Waals surface area contributed by atoms with E-state index in [1.54, 1.807) is 4.90 Å². The molecule has 0 aromatic carbocycles. The van der Waals surface area contributed by atoms with E-state index in [2.05, 4.69) is 0 Å². The van der Waals surface area contributed by atoms with Crippen molar-refractivity contribution in [3.8, 4) is 0 Å². The van der Waals surface area contributed by atoms with E-state index in [4.69, 9.17) is 4.74 Å². The molecule has 4 fully saturated rings. The predicted molar refractivity (Wildman–Crippen MR) is 87.1 cm³/mol. The maximum Gasteiger partial charge on any atom is 0.227 e. The van der Waals surface area contributed by atoms with Crippen molar-refractivity contribution in [2.45, 2.75) is 56.7 Å². The molecule has 6 nitrogen and oxygen atoms in total. The Morgan fingerprint density at radius 2 is 1.83 bits per heavy atom. The summed E-state index contributed by atoms with van der Waals surface area (Å²) in [7, 11) is 0. The van der Waals surface area contributed by atoms with Gasteiger partial charge in [0, 0.05) is 38.7 Å². The zero-order chi connectivity index (χ0) is 16.7. The minimum Gasteiger partial charge on any atom is -0.389 e. The van der Waals surface area contributed by atoms with E-state index in [1.807, 2.05) is 4.90 Å². The van der Waals surface area contributed by atoms with Gasteiger partial charge in [-0.15, -0.1) is 0 Å². The summed E-state index contributed by atoms with van der Waals surface area (Å²) < 4.78 is 5.82. The molecule has 0 aromatic rings. The second-order valence-electron chi connectivity index (χ2n) is 8.05. The molecule has 1 N–H and O–H groups in total. The van der Waals surface area contributed by atoms with Crippen molar-refractivity contribution in [1.82, 2.24) is 9.80 Å². The number of hydrogen-bond acceptors (Lipinski definition) is 4. The molecule has 1 saturated carbocycles. The van der Waals surface area contributed by atoms with Crippen molar-refractivity contribution in [3.63, 3.8) is 0 Å². The van der Waals surface area contributed by atoms with Gasteiger partial charge in [-0.2, -0.15) is 0 Å². The molecule has 4 rings (SSSR count). The number of piperidine rings is 1. The lowest BCUT2D eigenvalue weighted by Gasteiger charge is -2.43. The SMILES string of the molecule is O=C(CC1(O)CCC1)N1C[C@H]2OCC[C@H]2[C@H](C(=O)N2CCCC2)C1. The van der Waals surface area contributed by atoms with Gasteiger partial charge in [-0.05, 0) is 38.5 Å². The van der Waals surface area contributed by atoms with Crippen LogP contribution in [0.1, 0.15) is 44.9 Å². The fourth-order valence-corrected chi connectivity index (χ4v) is 4.77. The molecule has 1 aliphatic carbocycles. The molecule has 0 aromatic heterocycles. The van der Waals surface area contributed by atoms with E-state index in [9.17, 15) is 14.7 Å². The van der Waals surface area contributed by atoms with Crippen LogP contribution < -0.4 is 0 Å². The molecule has 3 aliphatic heterocycles. The largest absolute Gasteiger partial charge is 0.389 e. The third-order valence-electron chi connectivity index (χ3n) is 6.45. The van der Waals surface area contributed by atoms with Crippen molar-refractivity contribution < 1.29 is 19.4 Å². The average Bonchev–Trinajstić information content (AvgIpc) is 3.22. The van der Waals surface area contributed by atoms with Gasteiger partial charge in [0.25, 0.3) is 0 Å². The number of carbonyl (C=O) groups is 2. The highest BCUT2D eigenvalue weighted by atomic mass is 16.5. The van der Waals surface area contributed by atoms with E-state index in [-0.39, 0.29) is 36.2 Å². The van der Waals surface area contributed by atoms with E-state index < -0.39 is 5.60 Å². The lowest BCUT2D eigenvalue weighted by Crippen LogP contribution is -2.56. The maximum absolute atomic E-state index is 12.9. The molecule has 2 amide bonds. The van der Waals surface area contributed by atoms with Gasteiger partial charge >= 0.3 is 0 Å². The number of ether oxygens (including phenoxy) is 1. The van der Waals surface area contributed by atoms with Crippen LogP contribution in [0.4, 0.5) is 0 Å². The summed E-state index contributed by atoms with van der Waals surface area (Å²) in [5, 5.41) is 10.3. The molecule has 134 valence electrons. The van der Waals surface area contributed by atoms with Crippen LogP contribution >= 0.6 is 0 Å². The first-order chi connectivity index (χ1) is 11.6. The van der Waals surface area contributed by atoms with Gasteiger partial charge in [-0.3, -0.25) is 9.59 Å². The predicted octanol–water partition coefficient (Wildman–Crippen LogP) is 0.777. The molecule has 3 heterocycles. The quantitative estimate of drug-likeness (QED) is 0.827. The second-order valence-corrected chi connectivity index (χ2v) is 8.05. The smallest absolute Gasteiger partial charge is 0.227 e. The Morgan fingerprint density at radius 1 is 1.08 bits per heavy atom. The van der Waals surface area contributed by atoms with Gasteiger partial charge in [-0.1, -0.05) is 0 Å². The van der Waals surface area contributed by atoms with Crippen molar-refractivity contribution >= 4 is 11.8 Å². The molecular formula is C18H28N2O4. The van der Waals surface area contributed by atoms with Gasteiger partial charge < -0.3 is 19.6 Å². The minimum atomic E-state index is -0.807. The van der Waals surface area contributed by atoms with E-state index in [1.165, 1.54) is 0 Å². The van der Waals surface area contributed by atoms with Gasteiger partial charge in [0.15, 0.2) is 0 Å². The third-order valence-corrected chi connectivity index (χ3v) is 6.45. The van der Waals surface area contributed by atoms with Crippen molar-refractivity contribution in [3.05, 3.63) is 0 Å². The number of nitrogens with zero attached hydrogens (tertiary/aromatic N) is 2. The van der Waals surface area contributed by atoms with Crippen LogP contribution in [0.15, 0.2) is 0 Å². The number of hydrogen-bond donors (Lipinski definition) is 1. The molecule has 24 heavy (non-hydrogen) atoms. The van der Waals surface area contributed by atoms with Crippen molar-refractivity contribution in [2.75, 3.05) is 32.8 Å².